The molecule has 1 aromatic heterocycles. The molecule has 126 valence electrons. The Bertz CT molecular complexity index is 687. The molecule has 24 heavy (non-hydrogen) atoms. The molecule has 0 saturated carbocycles. The number of benzene rings is 1. The minimum atomic E-state index is -0.961. The lowest BCUT2D eigenvalue weighted by Gasteiger charge is -2.13. The number of ether oxygens (including phenoxy) is 1. The lowest BCUT2D eigenvalue weighted by atomic mass is 10.1. The molecule has 1 aliphatic heterocycles. The van der Waals surface area contributed by atoms with Gasteiger partial charge in [0.05, 0.1) is 11.8 Å². The maximum absolute atomic E-state index is 10.8. The molecule has 0 radical (unpaired) electrons. The topological polar surface area (TPSA) is 96.4 Å². The molecule has 3 N–H and O–H groups in total. The molecular weight excluding hydrogens is 308 g/mol. The van der Waals surface area contributed by atoms with Gasteiger partial charge in [0, 0.05) is 24.8 Å². The van der Waals surface area contributed by atoms with E-state index in [2.05, 4.69) is 20.6 Å². The van der Waals surface area contributed by atoms with Crippen molar-refractivity contribution in [2.75, 3.05) is 30.3 Å². The van der Waals surface area contributed by atoms with Gasteiger partial charge in [-0.05, 0) is 12.8 Å². The molecule has 1 fully saturated rings. The van der Waals surface area contributed by atoms with Crippen LogP contribution in [0.1, 0.15) is 12.8 Å². The van der Waals surface area contributed by atoms with Crippen molar-refractivity contribution in [3.8, 4) is 11.3 Å². The van der Waals surface area contributed by atoms with E-state index in [1.807, 2.05) is 36.4 Å². The number of carbonyl (C=O) groups is 1. The van der Waals surface area contributed by atoms with E-state index < -0.39 is 5.97 Å². The first-order valence-corrected chi connectivity index (χ1v) is 7.96. The minimum Gasteiger partial charge on any atom is -0.480 e. The zero-order valence-electron chi connectivity index (χ0n) is 13.2. The molecule has 2 aromatic rings. The highest BCUT2D eigenvalue weighted by molar-refractivity contribution is 5.72. The summed E-state index contributed by atoms with van der Waals surface area (Å²) < 4.78 is 5.60. The first-order valence-electron chi connectivity index (χ1n) is 7.96. The number of hydrogen-bond donors (Lipinski definition) is 3. The third kappa shape index (κ3) is 4.42. The van der Waals surface area contributed by atoms with Crippen molar-refractivity contribution in [2.45, 2.75) is 18.9 Å². The molecule has 1 saturated heterocycles. The zero-order valence-corrected chi connectivity index (χ0v) is 13.2. The predicted octanol–water partition coefficient (Wildman–Crippen LogP) is 2.23. The SMILES string of the molecule is O=C(O)CNc1nc(NC[C@@H]2CCCO2)cc(-c2ccccc2)n1. The number of nitrogens with one attached hydrogen (secondary N) is 2. The average molecular weight is 328 g/mol. The smallest absolute Gasteiger partial charge is 0.322 e. The highest BCUT2D eigenvalue weighted by atomic mass is 16.5. The summed E-state index contributed by atoms with van der Waals surface area (Å²) in [5.74, 6) is -0.0292. The van der Waals surface area contributed by atoms with Crippen molar-refractivity contribution < 1.29 is 14.6 Å². The average Bonchev–Trinajstić information content (AvgIpc) is 3.12. The Morgan fingerprint density at radius 2 is 2.08 bits per heavy atom. The van der Waals surface area contributed by atoms with Crippen molar-refractivity contribution in [3.05, 3.63) is 36.4 Å². The van der Waals surface area contributed by atoms with Crippen LogP contribution in [0.2, 0.25) is 0 Å². The molecule has 0 bridgehead atoms. The molecule has 0 aliphatic carbocycles. The second-order valence-corrected chi connectivity index (χ2v) is 5.59. The lowest BCUT2D eigenvalue weighted by molar-refractivity contribution is -0.134. The first kappa shape index (κ1) is 16.2. The van der Waals surface area contributed by atoms with E-state index in [1.54, 1.807) is 0 Å². The van der Waals surface area contributed by atoms with Gasteiger partial charge in [-0.3, -0.25) is 4.79 Å². The molecule has 2 heterocycles. The van der Waals surface area contributed by atoms with Crippen LogP contribution in [-0.2, 0) is 9.53 Å². The predicted molar refractivity (Wildman–Crippen MR) is 91.1 cm³/mol. The van der Waals surface area contributed by atoms with Crippen LogP contribution in [0.3, 0.4) is 0 Å². The van der Waals surface area contributed by atoms with Gasteiger partial charge in [-0.25, -0.2) is 4.98 Å². The number of nitrogens with zero attached hydrogens (tertiary/aromatic N) is 2. The van der Waals surface area contributed by atoms with E-state index in [-0.39, 0.29) is 18.6 Å². The summed E-state index contributed by atoms with van der Waals surface area (Å²) in [5.41, 5.74) is 1.67. The number of carboxylic acid groups (broad SMARTS) is 1. The molecular formula is C17H20N4O3. The Morgan fingerprint density at radius 3 is 2.79 bits per heavy atom. The first-order chi connectivity index (χ1) is 11.7. The van der Waals surface area contributed by atoms with Crippen molar-refractivity contribution in [3.63, 3.8) is 0 Å². The largest absolute Gasteiger partial charge is 0.480 e. The van der Waals surface area contributed by atoms with Crippen LogP contribution in [0.25, 0.3) is 11.3 Å². The lowest BCUT2D eigenvalue weighted by Crippen LogP contribution is -2.20. The maximum Gasteiger partial charge on any atom is 0.322 e. The number of carboxylic acids is 1. The van der Waals surface area contributed by atoms with Crippen LogP contribution in [0.4, 0.5) is 11.8 Å². The van der Waals surface area contributed by atoms with E-state index in [0.717, 1.165) is 30.7 Å². The van der Waals surface area contributed by atoms with Crippen molar-refractivity contribution in [1.29, 1.82) is 0 Å². The van der Waals surface area contributed by atoms with Crippen LogP contribution in [0.15, 0.2) is 36.4 Å². The standard InChI is InChI=1S/C17H20N4O3/c22-16(23)11-19-17-20-14(12-5-2-1-3-6-12)9-15(21-17)18-10-13-7-4-8-24-13/h1-3,5-6,9,13H,4,7-8,10-11H2,(H,22,23)(H2,18,19,20,21)/t13-/m0/s1. The fourth-order valence-corrected chi connectivity index (χ4v) is 2.55. The second-order valence-electron chi connectivity index (χ2n) is 5.59. The van der Waals surface area contributed by atoms with Crippen molar-refractivity contribution >= 4 is 17.7 Å². The number of anilines is 2. The Morgan fingerprint density at radius 1 is 1.25 bits per heavy atom. The Labute approximate surface area is 140 Å². The van der Waals surface area contributed by atoms with Gasteiger partial charge in [-0.15, -0.1) is 0 Å². The number of hydrogen-bond acceptors (Lipinski definition) is 6. The van der Waals surface area contributed by atoms with Crippen LogP contribution >= 0.6 is 0 Å². The zero-order chi connectivity index (χ0) is 16.8. The highest BCUT2D eigenvalue weighted by Crippen LogP contribution is 2.22. The summed E-state index contributed by atoms with van der Waals surface area (Å²) in [6.07, 6.45) is 2.31. The molecule has 0 amide bonds. The molecule has 1 aliphatic rings. The number of rotatable bonds is 7. The molecule has 7 nitrogen and oxygen atoms in total. The van der Waals surface area contributed by atoms with Gasteiger partial charge in [0.25, 0.3) is 0 Å². The summed E-state index contributed by atoms with van der Waals surface area (Å²) in [6.45, 7) is 1.24. The van der Waals surface area contributed by atoms with Gasteiger partial charge in [0.2, 0.25) is 5.95 Å². The quantitative estimate of drug-likeness (QED) is 0.717. The summed E-state index contributed by atoms with van der Waals surface area (Å²) in [7, 11) is 0. The second kappa shape index (κ2) is 7.74. The molecule has 3 rings (SSSR count). The fraction of sp³-hybridized carbons (Fsp3) is 0.353. The Kier molecular flexibility index (Phi) is 5.22. The van der Waals surface area contributed by atoms with Crippen molar-refractivity contribution in [2.24, 2.45) is 0 Å². The van der Waals surface area contributed by atoms with Gasteiger partial charge >= 0.3 is 5.97 Å². The third-order valence-corrected chi connectivity index (χ3v) is 3.73. The third-order valence-electron chi connectivity index (χ3n) is 3.73. The summed E-state index contributed by atoms with van der Waals surface area (Å²) in [5, 5.41) is 14.8. The van der Waals surface area contributed by atoms with Crippen LogP contribution in [0, 0.1) is 0 Å². The maximum atomic E-state index is 10.8. The van der Waals surface area contributed by atoms with E-state index in [1.165, 1.54) is 0 Å². The van der Waals surface area contributed by atoms with Crippen LogP contribution in [0.5, 0.6) is 0 Å². The van der Waals surface area contributed by atoms with Gasteiger partial charge in [0.1, 0.15) is 12.4 Å². The minimum absolute atomic E-state index is 0.190. The van der Waals surface area contributed by atoms with Gasteiger partial charge < -0.3 is 20.5 Å². The number of aliphatic carboxylic acids is 1. The van der Waals surface area contributed by atoms with Gasteiger partial charge in [-0.1, -0.05) is 30.3 Å². The molecule has 7 heteroatoms. The summed E-state index contributed by atoms with van der Waals surface area (Å²) in [4.78, 5) is 19.5. The normalized spacial score (nSPS) is 16.8. The molecule has 0 unspecified atom stereocenters. The van der Waals surface area contributed by atoms with Gasteiger partial charge in [-0.2, -0.15) is 4.98 Å². The van der Waals surface area contributed by atoms with E-state index in [0.29, 0.717) is 12.4 Å². The molecule has 1 atom stereocenters. The fourth-order valence-electron chi connectivity index (χ4n) is 2.55. The van der Waals surface area contributed by atoms with E-state index >= 15 is 0 Å². The van der Waals surface area contributed by atoms with E-state index in [4.69, 9.17) is 9.84 Å². The van der Waals surface area contributed by atoms with E-state index in [9.17, 15) is 4.79 Å². The van der Waals surface area contributed by atoms with Crippen LogP contribution in [-0.4, -0.2) is 46.8 Å². The van der Waals surface area contributed by atoms with Crippen molar-refractivity contribution in [1.82, 2.24) is 9.97 Å². The summed E-state index contributed by atoms with van der Waals surface area (Å²) in [6, 6.07) is 11.6. The number of aromatic nitrogens is 2. The Balaban J connectivity index is 1.80. The summed E-state index contributed by atoms with van der Waals surface area (Å²) >= 11 is 0. The van der Waals surface area contributed by atoms with Gasteiger partial charge in [0.15, 0.2) is 0 Å². The molecule has 1 aromatic carbocycles. The Hall–Kier alpha value is -2.67. The molecule has 0 spiro atoms. The van der Waals surface area contributed by atoms with Crippen LogP contribution < -0.4 is 10.6 Å². The monoisotopic (exact) mass is 328 g/mol. The highest BCUT2D eigenvalue weighted by Gasteiger charge is 2.16.